The van der Waals surface area contributed by atoms with E-state index in [0.717, 1.165) is 25.1 Å². The zero-order chi connectivity index (χ0) is 17.3. The Bertz CT molecular complexity index is 600. The molecule has 0 radical (unpaired) electrons. The molecule has 3 rings (SSSR count). The average molecular weight is 333 g/mol. The first kappa shape index (κ1) is 16.8. The highest BCUT2D eigenvalue weighted by Crippen LogP contribution is 2.17. The van der Waals surface area contributed by atoms with Crippen LogP contribution in [0.3, 0.4) is 0 Å². The van der Waals surface area contributed by atoms with E-state index in [1.165, 1.54) is 6.42 Å². The third-order valence-electron chi connectivity index (χ3n) is 4.47. The summed E-state index contributed by atoms with van der Waals surface area (Å²) in [5.41, 5.74) is 1.45. The molecule has 24 heavy (non-hydrogen) atoms. The maximum atomic E-state index is 12.7. The summed E-state index contributed by atoms with van der Waals surface area (Å²) in [6.45, 7) is 9.02. The van der Waals surface area contributed by atoms with Gasteiger partial charge in [0.1, 0.15) is 0 Å². The number of hydrogen-bond acceptors (Lipinski definition) is 3. The molecule has 7 nitrogen and oxygen atoms in total. The molecular formula is C17H27N5O2. The average Bonchev–Trinajstić information content (AvgIpc) is 2.96. The van der Waals surface area contributed by atoms with E-state index in [1.807, 2.05) is 31.5 Å². The minimum Gasteiger partial charge on any atom is -0.334 e. The first-order valence-corrected chi connectivity index (χ1v) is 8.76. The van der Waals surface area contributed by atoms with Crippen molar-refractivity contribution in [2.75, 3.05) is 26.2 Å². The molecule has 2 aliphatic heterocycles. The highest BCUT2D eigenvalue weighted by atomic mass is 16.2. The minimum atomic E-state index is -0.250. The van der Waals surface area contributed by atoms with Gasteiger partial charge in [-0.2, -0.15) is 5.10 Å². The molecule has 1 fully saturated rings. The molecule has 3 amide bonds. The summed E-state index contributed by atoms with van der Waals surface area (Å²) in [6, 6.07) is 1.87. The first-order valence-electron chi connectivity index (χ1n) is 8.76. The Hall–Kier alpha value is -2.05. The molecule has 1 saturated heterocycles. The van der Waals surface area contributed by atoms with Crippen molar-refractivity contribution in [2.45, 2.75) is 52.1 Å². The van der Waals surface area contributed by atoms with Crippen LogP contribution < -0.4 is 5.32 Å². The van der Waals surface area contributed by atoms with Gasteiger partial charge in [0.05, 0.1) is 0 Å². The molecule has 1 N–H and O–H groups in total. The van der Waals surface area contributed by atoms with Gasteiger partial charge >= 0.3 is 6.03 Å². The lowest BCUT2D eigenvalue weighted by Gasteiger charge is -2.36. The van der Waals surface area contributed by atoms with Crippen LogP contribution in [0.1, 0.15) is 49.8 Å². The third kappa shape index (κ3) is 3.71. The second kappa shape index (κ2) is 6.45. The number of aryl methyl sites for hydroxylation is 2. The second-order valence-corrected chi connectivity index (χ2v) is 7.66. The van der Waals surface area contributed by atoms with Gasteiger partial charge in [0.2, 0.25) is 0 Å². The van der Waals surface area contributed by atoms with Gasteiger partial charge in [-0.05, 0) is 46.1 Å². The minimum absolute atomic E-state index is 0.0206. The number of carbonyl (C=O) groups excluding carboxylic acids is 2. The molecule has 0 unspecified atom stereocenters. The number of nitrogens with one attached hydrogen (secondary N) is 1. The highest BCUT2D eigenvalue weighted by Gasteiger charge is 2.28. The topological polar surface area (TPSA) is 70.5 Å². The fraction of sp³-hybridized carbons (Fsp3) is 0.706. The number of nitrogens with zero attached hydrogens (tertiary/aromatic N) is 4. The fourth-order valence-corrected chi connectivity index (χ4v) is 3.20. The van der Waals surface area contributed by atoms with Gasteiger partial charge in [0.15, 0.2) is 5.69 Å². The predicted octanol–water partition coefficient (Wildman–Crippen LogP) is 1.49. The van der Waals surface area contributed by atoms with Crippen molar-refractivity contribution in [1.82, 2.24) is 24.9 Å². The summed E-state index contributed by atoms with van der Waals surface area (Å²) in [7, 11) is 0. The highest BCUT2D eigenvalue weighted by molar-refractivity contribution is 5.92. The van der Waals surface area contributed by atoms with E-state index < -0.39 is 0 Å². The normalized spacial score (nSPS) is 18.3. The molecule has 0 saturated carbocycles. The Kier molecular flexibility index (Phi) is 4.51. The van der Waals surface area contributed by atoms with Crippen LogP contribution in [0.4, 0.5) is 4.79 Å². The third-order valence-corrected chi connectivity index (χ3v) is 4.47. The molecule has 1 aromatic rings. The lowest BCUT2D eigenvalue weighted by atomic mass is 10.1. The lowest BCUT2D eigenvalue weighted by molar-refractivity contribution is 0.0654. The zero-order valence-electron chi connectivity index (χ0n) is 14.8. The first-order chi connectivity index (χ1) is 11.3. The molecule has 0 aliphatic carbocycles. The smallest absolute Gasteiger partial charge is 0.317 e. The van der Waals surface area contributed by atoms with Crippen molar-refractivity contribution in [3.05, 3.63) is 17.5 Å². The van der Waals surface area contributed by atoms with Gasteiger partial charge in [-0.15, -0.1) is 0 Å². The summed E-state index contributed by atoms with van der Waals surface area (Å²) < 4.78 is 1.96. The molecule has 2 aliphatic rings. The van der Waals surface area contributed by atoms with Gasteiger partial charge < -0.3 is 15.1 Å². The summed E-state index contributed by atoms with van der Waals surface area (Å²) in [5.74, 6) is -0.0206. The zero-order valence-corrected chi connectivity index (χ0v) is 14.8. The molecule has 0 spiro atoms. The van der Waals surface area contributed by atoms with Crippen LogP contribution >= 0.6 is 0 Å². The van der Waals surface area contributed by atoms with Crippen LogP contribution in [0.25, 0.3) is 0 Å². The van der Waals surface area contributed by atoms with Crippen molar-refractivity contribution >= 4 is 11.9 Å². The van der Waals surface area contributed by atoms with Crippen molar-refractivity contribution in [3.8, 4) is 0 Å². The van der Waals surface area contributed by atoms with E-state index in [9.17, 15) is 9.59 Å². The van der Waals surface area contributed by atoms with Gasteiger partial charge in [-0.3, -0.25) is 9.48 Å². The Labute approximate surface area is 143 Å². The van der Waals surface area contributed by atoms with E-state index in [2.05, 4.69) is 10.4 Å². The van der Waals surface area contributed by atoms with Gasteiger partial charge in [0.25, 0.3) is 5.91 Å². The van der Waals surface area contributed by atoms with E-state index in [4.69, 9.17) is 0 Å². The van der Waals surface area contributed by atoms with Crippen molar-refractivity contribution in [1.29, 1.82) is 0 Å². The summed E-state index contributed by atoms with van der Waals surface area (Å²) in [6.07, 6.45) is 3.30. The van der Waals surface area contributed by atoms with Gasteiger partial charge in [-0.25, -0.2) is 4.79 Å². The van der Waals surface area contributed by atoms with E-state index in [-0.39, 0.29) is 17.5 Å². The molecule has 0 atom stereocenters. The molecule has 7 heteroatoms. The lowest BCUT2D eigenvalue weighted by Crippen LogP contribution is -2.56. The summed E-state index contributed by atoms with van der Waals surface area (Å²) in [5, 5.41) is 7.43. The predicted molar refractivity (Wildman–Crippen MR) is 90.9 cm³/mol. The van der Waals surface area contributed by atoms with E-state index in [0.29, 0.717) is 31.9 Å². The van der Waals surface area contributed by atoms with Crippen LogP contribution in [0.5, 0.6) is 0 Å². The number of carbonyl (C=O) groups is 2. The standard InChI is InChI=1S/C17H27N5O2/c1-17(2,3)18-16(24)21-10-8-20(9-11-21)15(23)14-12-13-6-4-5-7-22(13)19-14/h12H,4-11H2,1-3H3,(H,18,24). The summed E-state index contributed by atoms with van der Waals surface area (Å²) >= 11 is 0. The fourth-order valence-electron chi connectivity index (χ4n) is 3.20. The van der Waals surface area contributed by atoms with Crippen LogP contribution in [-0.2, 0) is 13.0 Å². The number of hydrogen-bond donors (Lipinski definition) is 1. The maximum Gasteiger partial charge on any atom is 0.317 e. The Morgan fingerprint density at radius 2 is 1.71 bits per heavy atom. The van der Waals surface area contributed by atoms with Crippen LogP contribution in [0.2, 0.25) is 0 Å². The van der Waals surface area contributed by atoms with Gasteiger partial charge in [-0.1, -0.05) is 0 Å². The number of rotatable bonds is 1. The number of aromatic nitrogens is 2. The number of amides is 3. The van der Waals surface area contributed by atoms with E-state index >= 15 is 0 Å². The number of urea groups is 1. The molecule has 1 aromatic heterocycles. The maximum absolute atomic E-state index is 12.7. The van der Waals surface area contributed by atoms with E-state index in [1.54, 1.807) is 9.80 Å². The quantitative estimate of drug-likeness (QED) is 0.846. The Morgan fingerprint density at radius 3 is 2.33 bits per heavy atom. The molecule has 0 bridgehead atoms. The molecular weight excluding hydrogens is 306 g/mol. The molecule has 3 heterocycles. The molecule has 132 valence electrons. The van der Waals surface area contributed by atoms with Crippen LogP contribution in [0.15, 0.2) is 6.07 Å². The number of piperazine rings is 1. The monoisotopic (exact) mass is 333 g/mol. The SMILES string of the molecule is CC(C)(C)NC(=O)N1CCN(C(=O)c2cc3n(n2)CCCC3)CC1. The number of fused-ring (bicyclic) bond motifs is 1. The second-order valence-electron chi connectivity index (χ2n) is 7.66. The van der Waals surface area contributed by atoms with Crippen LogP contribution in [-0.4, -0.2) is 63.2 Å². The van der Waals surface area contributed by atoms with Crippen LogP contribution in [0, 0.1) is 0 Å². The van der Waals surface area contributed by atoms with Crippen molar-refractivity contribution < 1.29 is 9.59 Å². The molecule has 0 aromatic carbocycles. The summed E-state index contributed by atoms with van der Waals surface area (Å²) in [4.78, 5) is 28.4. The Balaban J connectivity index is 1.57. The Morgan fingerprint density at radius 1 is 1.04 bits per heavy atom. The van der Waals surface area contributed by atoms with Crippen molar-refractivity contribution in [3.63, 3.8) is 0 Å². The van der Waals surface area contributed by atoms with Gasteiger partial charge in [0, 0.05) is 44.0 Å². The largest absolute Gasteiger partial charge is 0.334 e. The van der Waals surface area contributed by atoms with Crippen molar-refractivity contribution in [2.24, 2.45) is 0 Å².